The number of pyridine rings is 1. The maximum Gasteiger partial charge on any atom is 0.319 e. The predicted octanol–water partition coefficient (Wildman–Crippen LogP) is 3.36. The van der Waals surface area contributed by atoms with Gasteiger partial charge < -0.3 is 20.1 Å². The number of sulfonamides is 1. The number of phenols is 1. The number of terminal acetylenes is 1. The third kappa shape index (κ3) is 5.51. The lowest BCUT2D eigenvalue weighted by Crippen LogP contribution is -2.63. The smallest absolute Gasteiger partial charge is 0.319 e. The number of ether oxygens (including phenoxy) is 1. The topological polar surface area (TPSA) is 147 Å². The lowest BCUT2D eigenvalue weighted by atomic mass is 9.95. The molecule has 2 bridgehead atoms. The first-order valence-electron chi connectivity index (χ1n) is 16.2. The first-order valence-corrected chi connectivity index (χ1v) is 17.9. The second kappa shape index (κ2) is 11.4. The Bertz CT molecular complexity index is 2180. The molecule has 2 aromatic heterocycles. The standard InChI is InChI=1S/C34H34F3N7O4S/c1-2-23-26(36)5-4-19-10-22(45)11-24(27(19)23)29-28(37)30-25(13-39-29)31(43-15-21-6-8-33(16-43,42-21)18-49(38,46)47)41-32(40-30)48-17-34-7-3-9-44(34)14-20(35)12-34/h1,4-5,10-11,13,20-21,42,45H,3,6-9,12,14-18H2,(H2,38,46,47)/t20-,21?,33?,34+/m1/s1. The lowest BCUT2D eigenvalue weighted by molar-refractivity contribution is 0.107. The Labute approximate surface area is 280 Å². The van der Waals surface area contributed by atoms with E-state index in [9.17, 15) is 22.3 Å². The summed E-state index contributed by atoms with van der Waals surface area (Å²) in [5.41, 5.74) is -1.79. The molecule has 49 heavy (non-hydrogen) atoms. The Morgan fingerprint density at radius 2 is 2.04 bits per heavy atom. The van der Waals surface area contributed by atoms with E-state index in [2.05, 4.69) is 26.1 Å². The van der Waals surface area contributed by atoms with Gasteiger partial charge in [-0.05, 0) is 55.8 Å². The van der Waals surface area contributed by atoms with E-state index in [4.69, 9.17) is 21.3 Å². The minimum atomic E-state index is -3.84. The van der Waals surface area contributed by atoms with E-state index < -0.39 is 38.9 Å². The highest BCUT2D eigenvalue weighted by atomic mass is 32.2. The molecule has 4 fully saturated rings. The molecular formula is C34H34F3N7O4S. The summed E-state index contributed by atoms with van der Waals surface area (Å²) >= 11 is 0. The van der Waals surface area contributed by atoms with Crippen molar-refractivity contribution in [3.05, 3.63) is 47.7 Å². The number of nitrogens with zero attached hydrogens (tertiary/aromatic N) is 5. The third-order valence-electron chi connectivity index (χ3n) is 10.5. The Morgan fingerprint density at radius 1 is 1.20 bits per heavy atom. The van der Waals surface area contributed by atoms with E-state index in [0.717, 1.165) is 19.4 Å². The molecule has 4 aliphatic heterocycles. The Morgan fingerprint density at radius 3 is 2.84 bits per heavy atom. The minimum absolute atomic E-state index is 0.0669. The van der Waals surface area contributed by atoms with Crippen molar-refractivity contribution in [2.75, 3.05) is 43.4 Å². The molecule has 4 atom stereocenters. The van der Waals surface area contributed by atoms with Crippen LogP contribution in [0, 0.1) is 24.0 Å². The van der Waals surface area contributed by atoms with Crippen LogP contribution in [0.15, 0.2) is 30.5 Å². The molecule has 4 aromatic rings. The highest BCUT2D eigenvalue weighted by molar-refractivity contribution is 7.89. The maximum absolute atomic E-state index is 16.9. The van der Waals surface area contributed by atoms with Gasteiger partial charge in [-0.1, -0.05) is 12.0 Å². The fourth-order valence-corrected chi connectivity index (χ4v) is 9.70. The fourth-order valence-electron chi connectivity index (χ4n) is 8.61. The number of phenolic OH excluding ortho intramolecular Hbond substituents is 1. The number of hydrogen-bond acceptors (Lipinski definition) is 10. The van der Waals surface area contributed by atoms with Crippen LogP contribution in [0.1, 0.15) is 37.7 Å². The van der Waals surface area contributed by atoms with Crippen molar-refractivity contribution in [2.45, 2.75) is 55.4 Å². The first-order chi connectivity index (χ1) is 23.4. The van der Waals surface area contributed by atoms with E-state index >= 15 is 4.39 Å². The van der Waals surface area contributed by atoms with E-state index in [-0.39, 0.29) is 75.6 Å². The molecule has 8 rings (SSSR count). The van der Waals surface area contributed by atoms with Crippen LogP contribution >= 0.6 is 0 Å². The number of piperazine rings is 1. The van der Waals surface area contributed by atoms with Crippen LogP contribution in [-0.4, -0.2) is 95.2 Å². The SMILES string of the molecule is C#Cc1c(F)ccc2cc(O)cc(-c3ncc4c(N5CC6CCC(CS(N)(=O)=O)(C5)N6)nc(OC[C@@]56CCCN5C[C@H](F)C6)nc4c3F)c12. The zero-order valence-electron chi connectivity index (χ0n) is 26.4. The molecule has 0 spiro atoms. The van der Waals surface area contributed by atoms with Crippen LogP contribution < -0.4 is 20.1 Å². The van der Waals surface area contributed by atoms with Crippen molar-refractivity contribution < 1.29 is 31.4 Å². The van der Waals surface area contributed by atoms with E-state index in [1.54, 1.807) is 0 Å². The number of nitrogens with two attached hydrogens (primary N) is 1. The van der Waals surface area contributed by atoms with E-state index in [1.165, 1.54) is 30.5 Å². The van der Waals surface area contributed by atoms with Gasteiger partial charge in [0, 0.05) is 49.2 Å². The molecule has 0 radical (unpaired) electrons. The van der Waals surface area contributed by atoms with Crippen molar-refractivity contribution >= 4 is 37.5 Å². The molecule has 2 aromatic carbocycles. The number of nitrogens with one attached hydrogen (secondary N) is 1. The summed E-state index contributed by atoms with van der Waals surface area (Å²) < 4.78 is 77.0. The molecule has 0 amide bonds. The highest BCUT2D eigenvalue weighted by Gasteiger charge is 2.50. The number of halogens is 3. The number of aromatic hydroxyl groups is 1. The molecule has 4 N–H and O–H groups in total. The fraction of sp³-hybridized carbons (Fsp3) is 0.441. The average Bonchev–Trinajstić information content (AvgIpc) is 3.67. The predicted molar refractivity (Wildman–Crippen MR) is 177 cm³/mol. The summed E-state index contributed by atoms with van der Waals surface area (Å²) in [6.45, 7) is 1.81. The molecular weight excluding hydrogens is 659 g/mol. The van der Waals surface area contributed by atoms with Gasteiger partial charge in [-0.25, -0.2) is 26.7 Å². The van der Waals surface area contributed by atoms with Gasteiger partial charge >= 0.3 is 6.01 Å². The Kier molecular flexibility index (Phi) is 7.45. The normalized spacial score (nSPS) is 26.8. The van der Waals surface area contributed by atoms with Crippen LogP contribution in [0.2, 0.25) is 0 Å². The van der Waals surface area contributed by atoms with Gasteiger partial charge in [0.25, 0.3) is 0 Å². The molecule has 6 heterocycles. The Hall–Kier alpha value is -4.23. The molecule has 256 valence electrons. The van der Waals surface area contributed by atoms with Crippen LogP contribution in [-0.2, 0) is 10.0 Å². The monoisotopic (exact) mass is 693 g/mol. The zero-order chi connectivity index (χ0) is 34.3. The second-order valence-electron chi connectivity index (χ2n) is 13.9. The number of fused-ring (bicyclic) bond motifs is 5. The number of aromatic nitrogens is 3. The summed E-state index contributed by atoms with van der Waals surface area (Å²) in [6, 6.07) is 5.07. The molecule has 2 unspecified atom stereocenters. The number of alkyl halides is 1. The maximum atomic E-state index is 16.9. The second-order valence-corrected chi connectivity index (χ2v) is 15.5. The van der Waals surface area contributed by atoms with Gasteiger partial charge in [0.15, 0.2) is 5.82 Å². The molecule has 11 nitrogen and oxygen atoms in total. The summed E-state index contributed by atoms with van der Waals surface area (Å²) in [4.78, 5) is 17.6. The van der Waals surface area contributed by atoms with Crippen molar-refractivity contribution in [1.29, 1.82) is 0 Å². The number of benzene rings is 2. The van der Waals surface area contributed by atoms with E-state index in [1.807, 2.05) is 4.90 Å². The first kappa shape index (κ1) is 32.0. The largest absolute Gasteiger partial charge is 0.508 e. The Balaban J connectivity index is 1.28. The quantitative estimate of drug-likeness (QED) is 0.246. The van der Waals surface area contributed by atoms with Crippen molar-refractivity contribution in [1.82, 2.24) is 25.2 Å². The van der Waals surface area contributed by atoms with Crippen molar-refractivity contribution in [2.24, 2.45) is 5.14 Å². The lowest BCUT2D eigenvalue weighted by Gasteiger charge is -2.41. The number of anilines is 1. The van der Waals surface area contributed by atoms with Gasteiger partial charge in [-0.2, -0.15) is 9.97 Å². The van der Waals surface area contributed by atoms with Crippen LogP contribution in [0.3, 0.4) is 0 Å². The minimum Gasteiger partial charge on any atom is -0.508 e. The van der Waals surface area contributed by atoms with Crippen molar-refractivity contribution in [3.63, 3.8) is 0 Å². The summed E-state index contributed by atoms with van der Waals surface area (Å²) in [5, 5.41) is 20.3. The molecule has 0 aliphatic carbocycles. The molecule has 0 saturated carbocycles. The molecule has 4 aliphatic rings. The van der Waals surface area contributed by atoms with Crippen LogP contribution in [0.25, 0.3) is 32.9 Å². The van der Waals surface area contributed by atoms with Crippen LogP contribution in [0.4, 0.5) is 19.0 Å². The number of rotatable bonds is 7. The summed E-state index contributed by atoms with van der Waals surface area (Å²) in [6.07, 6.45) is 9.31. The average molecular weight is 694 g/mol. The van der Waals surface area contributed by atoms with Crippen LogP contribution in [0.5, 0.6) is 11.8 Å². The van der Waals surface area contributed by atoms with Gasteiger partial charge in [0.1, 0.15) is 41.4 Å². The van der Waals surface area contributed by atoms with Crippen molar-refractivity contribution in [3.8, 4) is 35.4 Å². The molecule has 15 heteroatoms. The summed E-state index contributed by atoms with van der Waals surface area (Å²) in [7, 11) is -3.84. The summed E-state index contributed by atoms with van der Waals surface area (Å²) in [5.74, 6) is 0.559. The number of hydrogen-bond donors (Lipinski definition) is 3. The van der Waals surface area contributed by atoms with Gasteiger partial charge in [0.2, 0.25) is 10.0 Å². The number of primary sulfonamides is 1. The third-order valence-corrected chi connectivity index (χ3v) is 11.5. The van der Waals surface area contributed by atoms with Gasteiger partial charge in [-0.3, -0.25) is 9.88 Å². The highest BCUT2D eigenvalue weighted by Crippen LogP contribution is 2.42. The van der Waals surface area contributed by atoms with Gasteiger partial charge in [-0.15, -0.1) is 6.42 Å². The van der Waals surface area contributed by atoms with E-state index in [0.29, 0.717) is 37.7 Å². The molecule has 4 saturated heterocycles. The zero-order valence-corrected chi connectivity index (χ0v) is 27.2. The van der Waals surface area contributed by atoms with Gasteiger partial charge in [0.05, 0.1) is 27.8 Å².